The smallest absolute Gasteiger partial charge is 0.337 e. The third-order valence-corrected chi connectivity index (χ3v) is 23.0. The van der Waals surface area contributed by atoms with Crippen molar-refractivity contribution in [1.82, 2.24) is 16.1 Å². The van der Waals surface area contributed by atoms with E-state index < -0.39 is 74.5 Å². The molecule has 3 fully saturated rings. The van der Waals surface area contributed by atoms with Gasteiger partial charge in [0, 0.05) is 83.7 Å². The molecule has 3 heterocycles. The van der Waals surface area contributed by atoms with E-state index in [2.05, 4.69) is 10.6 Å². The molecule has 6 atom stereocenters. The minimum Gasteiger partial charge on any atom is -0.512 e. The maximum Gasteiger partial charge on any atom is 0.337 e. The number of amides is 1. The summed E-state index contributed by atoms with van der Waals surface area (Å²) in [6.07, 6.45) is 11.7. The van der Waals surface area contributed by atoms with Crippen LogP contribution in [0.25, 0.3) is 0 Å². The van der Waals surface area contributed by atoms with E-state index in [1.54, 1.807) is 96.4 Å². The SMILES string of the molecule is COC(=O)C1(c2cccc(F)c2C)CCC(O)=C(C(=O)OC(C)(C)C)C1.COC(=O)C1(c2cccc(F)c2C)CCC2=C(C1)C(=O)CC(C1CC1)N2.Cc1c(F)cccc1C1(C(=O)NO)CCC2=C(C1)C(=O)CC(C1CC1)=N2.Cc1c(F)cccc1C1(C(=O)O)CCC2=C(C1)C(=O)CC(C1CC1)N2. The topological polar surface area (TPSA) is 273 Å². The molecule has 7 aliphatic carbocycles. The summed E-state index contributed by atoms with van der Waals surface area (Å²) in [6, 6.07) is 18.9. The average Bonchev–Trinajstić information content (AvgIpc) is 1.54. The number of methoxy groups -OCH3 is 2. The van der Waals surface area contributed by atoms with E-state index in [0.29, 0.717) is 137 Å². The van der Waals surface area contributed by atoms with Crippen LogP contribution in [0.2, 0.25) is 0 Å². The molecule has 6 N–H and O–H groups in total. The average molecular weight is 1420 g/mol. The first kappa shape index (κ1) is 75.1. The van der Waals surface area contributed by atoms with Crippen molar-refractivity contribution in [2.75, 3.05) is 14.2 Å². The zero-order valence-corrected chi connectivity index (χ0v) is 60.0. The Balaban J connectivity index is 0.000000138. The lowest BCUT2D eigenvalue weighted by atomic mass is 9.65. The highest BCUT2D eigenvalue weighted by Gasteiger charge is 2.53. The Kier molecular flexibility index (Phi) is 21.6. The fourth-order valence-electron chi connectivity index (χ4n) is 16.7. The first-order chi connectivity index (χ1) is 48.9. The number of aliphatic carboxylic acids is 1. The number of nitrogens with zero attached hydrogens (tertiary/aromatic N) is 1. The molecule has 0 radical (unpaired) electrons. The third-order valence-electron chi connectivity index (χ3n) is 23.0. The van der Waals surface area contributed by atoms with E-state index in [1.807, 2.05) is 0 Å². The number of esters is 3. The highest BCUT2D eigenvalue weighted by Crippen LogP contribution is 2.52. The molecule has 4 aromatic rings. The molecule has 22 heteroatoms. The molecule has 548 valence electrons. The first-order valence-corrected chi connectivity index (χ1v) is 35.7. The molecule has 0 spiro atoms. The maximum atomic E-state index is 14.2. The van der Waals surface area contributed by atoms with E-state index in [9.17, 15) is 71.3 Å². The molecule has 103 heavy (non-hydrogen) atoms. The fraction of sp³-hybridized carbons (Fsp3) is 0.494. The molecule has 3 saturated carbocycles. The number of hydrogen-bond acceptors (Lipinski definition) is 16. The second-order valence-electron chi connectivity index (χ2n) is 30.6. The van der Waals surface area contributed by atoms with Gasteiger partial charge < -0.3 is 35.1 Å². The van der Waals surface area contributed by atoms with Crippen LogP contribution in [0, 0.1) is 68.7 Å². The van der Waals surface area contributed by atoms with Gasteiger partial charge in [0.05, 0.1) is 41.5 Å². The van der Waals surface area contributed by atoms with Crippen molar-refractivity contribution in [1.29, 1.82) is 0 Å². The quantitative estimate of drug-likeness (QED) is 0.0253. The number of hydroxylamine groups is 1. The number of aliphatic hydroxyl groups excluding tert-OH is 1. The van der Waals surface area contributed by atoms with Gasteiger partial charge in [-0.15, -0.1) is 0 Å². The van der Waals surface area contributed by atoms with Gasteiger partial charge in [-0.3, -0.25) is 43.8 Å². The third kappa shape index (κ3) is 14.9. The summed E-state index contributed by atoms with van der Waals surface area (Å²) in [7, 11) is 2.61. The predicted octanol–water partition coefficient (Wildman–Crippen LogP) is 13.6. The largest absolute Gasteiger partial charge is 0.512 e. The van der Waals surface area contributed by atoms with Gasteiger partial charge in [-0.25, -0.2) is 27.8 Å². The van der Waals surface area contributed by atoms with Gasteiger partial charge in [-0.05, 0) is 238 Å². The fourth-order valence-corrected chi connectivity index (χ4v) is 16.7. The number of benzene rings is 4. The lowest BCUT2D eigenvalue weighted by molar-refractivity contribution is -0.152. The Labute approximate surface area is 597 Å². The van der Waals surface area contributed by atoms with Crippen molar-refractivity contribution in [3.63, 3.8) is 0 Å². The van der Waals surface area contributed by atoms with E-state index >= 15 is 0 Å². The number of Topliss-reactive ketones (excluding diaryl/α,β-unsaturated/α-hetero) is 3. The normalized spacial score (nSPS) is 26.0. The van der Waals surface area contributed by atoms with Crippen LogP contribution in [0.5, 0.6) is 0 Å². The van der Waals surface area contributed by atoms with Gasteiger partial charge in [-0.2, -0.15) is 0 Å². The standard InChI is InChI=1S/C21H24FNO3.C20H21FN2O3.C20H22FNO3.C20H25FO5/c1-12-15(4-3-5-16(12)22)21(20(25)26-2)9-8-17-14(11-21)19(24)10-18(23-17)13-6-7-13;1-11-14(3-2-4-15(11)21)20(19(25)23-26)8-7-16-13(10-20)18(24)9-17(22-16)12-5-6-12;1-11-14(3-2-4-15(11)21)20(19(24)25)8-7-16-13(10-20)18(23)9-17(22-16)12-5-6-12;1-12-14(7-6-8-15(12)21)20(18(24)25-5)10-9-16(22)13(11-20)17(23)26-19(2,3)4/h3-5,13,18,23H,6-11H2,1-2H3;2-4,12,26H,5-10H2,1H3,(H,23,25);2-4,12,17,22H,5-10H2,1H3,(H,24,25);6-8,22H,9-11H2,1-5H3. The summed E-state index contributed by atoms with van der Waals surface area (Å²) in [5, 5.41) is 36.6. The van der Waals surface area contributed by atoms with Crippen LogP contribution in [-0.4, -0.2) is 100 Å². The molecule has 0 bridgehead atoms. The van der Waals surface area contributed by atoms with Crippen molar-refractivity contribution >= 4 is 52.8 Å². The lowest BCUT2D eigenvalue weighted by Gasteiger charge is -2.41. The molecule has 18 nitrogen and oxygen atoms in total. The van der Waals surface area contributed by atoms with E-state index in [-0.39, 0.29) is 85.1 Å². The van der Waals surface area contributed by atoms with Crippen LogP contribution >= 0.6 is 0 Å². The predicted molar refractivity (Wildman–Crippen MR) is 373 cm³/mol. The van der Waals surface area contributed by atoms with Crippen LogP contribution in [0.15, 0.2) is 123 Å². The number of carbonyl (C=O) groups excluding carboxylic acids is 7. The maximum absolute atomic E-state index is 14.2. The molecule has 10 aliphatic rings. The monoisotopic (exact) mass is 1420 g/mol. The van der Waals surface area contributed by atoms with Crippen LogP contribution < -0.4 is 16.1 Å². The number of aliphatic imine (C=N–C) groups is 1. The summed E-state index contributed by atoms with van der Waals surface area (Å²) in [6.45, 7) is 11.7. The number of ketones is 3. The molecular formula is C81H92F4N4O14. The van der Waals surface area contributed by atoms with Crippen LogP contribution in [0.3, 0.4) is 0 Å². The van der Waals surface area contributed by atoms with Gasteiger partial charge in [-0.1, -0.05) is 48.5 Å². The van der Waals surface area contributed by atoms with Crippen molar-refractivity contribution < 1.29 is 85.5 Å². The number of carbonyl (C=O) groups is 8. The minimum absolute atomic E-state index is 0.000714. The van der Waals surface area contributed by atoms with E-state index in [4.69, 9.17) is 19.2 Å². The number of carboxylic acid groups (broad SMARTS) is 1. The second kappa shape index (κ2) is 29.6. The number of ether oxygens (including phenoxy) is 3. The zero-order chi connectivity index (χ0) is 74.4. The molecule has 6 unspecified atom stereocenters. The summed E-state index contributed by atoms with van der Waals surface area (Å²) in [5.74, 6) is -3.13. The zero-order valence-electron chi connectivity index (χ0n) is 60.0. The highest BCUT2D eigenvalue weighted by atomic mass is 19.1. The summed E-state index contributed by atoms with van der Waals surface area (Å²) in [5.41, 5.74) is 5.45. The molecule has 1 amide bonds. The summed E-state index contributed by atoms with van der Waals surface area (Å²) >= 11 is 0. The van der Waals surface area contributed by atoms with Gasteiger partial charge in [0.2, 0.25) is 0 Å². The van der Waals surface area contributed by atoms with Gasteiger partial charge in [0.1, 0.15) is 34.6 Å². The molecule has 0 aromatic heterocycles. The molecule has 14 rings (SSSR count). The summed E-state index contributed by atoms with van der Waals surface area (Å²) in [4.78, 5) is 106. The Morgan fingerprint density at radius 3 is 1.36 bits per heavy atom. The lowest BCUT2D eigenvalue weighted by Crippen LogP contribution is -2.47. The first-order valence-electron chi connectivity index (χ1n) is 35.7. The number of carboxylic acids is 1. The highest BCUT2D eigenvalue weighted by molar-refractivity contribution is 6.14. The molecule has 4 aromatic carbocycles. The molecular weight excluding hydrogens is 1330 g/mol. The van der Waals surface area contributed by atoms with Gasteiger partial charge >= 0.3 is 23.9 Å². The Hall–Kier alpha value is -9.05. The Morgan fingerprint density at radius 2 is 0.942 bits per heavy atom. The number of allylic oxidation sites excluding steroid dienone is 7. The van der Waals surface area contributed by atoms with Gasteiger partial charge in [0.25, 0.3) is 5.91 Å². The minimum atomic E-state index is -1.25. The number of nitrogens with one attached hydrogen (secondary N) is 3. The number of aliphatic hydroxyl groups is 1. The number of rotatable bonds is 12. The van der Waals surface area contributed by atoms with Gasteiger partial charge in [0.15, 0.2) is 17.3 Å². The van der Waals surface area contributed by atoms with Crippen molar-refractivity contribution in [3.8, 4) is 0 Å². The van der Waals surface area contributed by atoms with Crippen molar-refractivity contribution in [2.45, 2.75) is 223 Å². The van der Waals surface area contributed by atoms with E-state index in [1.165, 1.54) is 57.4 Å². The Bertz CT molecular complexity index is 4320. The van der Waals surface area contributed by atoms with Crippen LogP contribution in [-0.2, 0) is 74.2 Å². The van der Waals surface area contributed by atoms with Crippen LogP contribution in [0.4, 0.5) is 17.6 Å². The Morgan fingerprint density at radius 1 is 0.544 bits per heavy atom. The number of hydrogen-bond donors (Lipinski definition) is 6. The van der Waals surface area contributed by atoms with Crippen molar-refractivity contribution in [2.24, 2.45) is 22.7 Å². The van der Waals surface area contributed by atoms with Crippen LogP contribution in [0.1, 0.15) is 200 Å². The molecule has 3 aliphatic heterocycles. The summed E-state index contributed by atoms with van der Waals surface area (Å²) < 4.78 is 71.9. The van der Waals surface area contributed by atoms with E-state index in [0.717, 1.165) is 48.5 Å². The second-order valence-corrected chi connectivity index (χ2v) is 30.6. The molecule has 0 saturated heterocycles. The number of halogens is 4. The van der Waals surface area contributed by atoms with Crippen molar-refractivity contribution in [3.05, 3.63) is 186 Å².